The molecule has 0 aromatic heterocycles. The zero-order valence-corrected chi connectivity index (χ0v) is 18.1. The number of aliphatic hydroxyl groups is 2. The zero-order chi connectivity index (χ0) is 22.0. The summed E-state index contributed by atoms with van der Waals surface area (Å²) < 4.78 is 5.95. The van der Waals surface area contributed by atoms with Gasteiger partial charge < -0.3 is 25.2 Å². The maximum Gasteiger partial charge on any atom is 0.251 e. The third-order valence-corrected chi connectivity index (χ3v) is 6.33. The molecule has 2 aliphatic rings. The van der Waals surface area contributed by atoms with Crippen LogP contribution in [0.25, 0.3) is 0 Å². The smallest absolute Gasteiger partial charge is 0.251 e. The SMILES string of the molecule is CN(C)c1ccc(C(=O)NC[C@H]2O[C@@H](CO)[C@@H](O)[C@H]2N2CCc3ccccc3C2)cc1. The highest BCUT2D eigenvalue weighted by atomic mass is 16.5. The fourth-order valence-electron chi connectivity index (χ4n) is 4.57. The number of carbonyl (C=O) groups is 1. The topological polar surface area (TPSA) is 85.3 Å². The van der Waals surface area contributed by atoms with Gasteiger partial charge in [-0.15, -0.1) is 0 Å². The van der Waals surface area contributed by atoms with Gasteiger partial charge in [0.05, 0.1) is 18.8 Å². The molecule has 166 valence electrons. The quantitative estimate of drug-likeness (QED) is 0.641. The van der Waals surface area contributed by atoms with Crippen LogP contribution in [0.3, 0.4) is 0 Å². The molecule has 1 amide bonds. The van der Waals surface area contributed by atoms with Gasteiger partial charge in [-0.1, -0.05) is 24.3 Å². The van der Waals surface area contributed by atoms with Crippen LogP contribution in [0.2, 0.25) is 0 Å². The Balaban J connectivity index is 1.44. The standard InChI is InChI=1S/C24H31N3O4/c1-26(2)19-9-7-17(8-10-19)24(30)25-13-20-22(23(29)21(15-28)31-20)27-12-11-16-5-3-4-6-18(16)14-27/h3-10,20-23,28-29H,11-15H2,1-2H3,(H,25,30)/t20-,21+,22+,23-/m1/s1. The first-order valence-electron chi connectivity index (χ1n) is 10.8. The van der Waals surface area contributed by atoms with Crippen LogP contribution >= 0.6 is 0 Å². The lowest BCUT2D eigenvalue weighted by molar-refractivity contribution is -0.0209. The number of rotatable bonds is 6. The molecule has 0 aliphatic carbocycles. The van der Waals surface area contributed by atoms with Gasteiger partial charge in [-0.25, -0.2) is 0 Å². The molecule has 0 spiro atoms. The van der Waals surface area contributed by atoms with Crippen LogP contribution in [0.1, 0.15) is 21.5 Å². The van der Waals surface area contributed by atoms with E-state index in [-0.39, 0.29) is 25.1 Å². The summed E-state index contributed by atoms with van der Waals surface area (Å²) in [6, 6.07) is 15.4. The highest BCUT2D eigenvalue weighted by Gasteiger charge is 2.46. The highest BCUT2D eigenvalue weighted by Crippen LogP contribution is 2.30. The molecule has 2 aliphatic heterocycles. The second-order valence-corrected chi connectivity index (χ2v) is 8.52. The number of aliphatic hydroxyl groups excluding tert-OH is 2. The Kier molecular flexibility index (Phi) is 6.57. The fourth-order valence-corrected chi connectivity index (χ4v) is 4.57. The number of hydrogen-bond acceptors (Lipinski definition) is 6. The van der Waals surface area contributed by atoms with Gasteiger partial charge in [0, 0.05) is 45.0 Å². The average Bonchev–Trinajstić information content (AvgIpc) is 3.12. The molecule has 1 saturated heterocycles. The summed E-state index contributed by atoms with van der Waals surface area (Å²) in [5, 5.41) is 23.4. The third kappa shape index (κ3) is 4.60. The van der Waals surface area contributed by atoms with Gasteiger partial charge in [0.25, 0.3) is 5.91 Å². The van der Waals surface area contributed by atoms with Gasteiger partial charge in [0.1, 0.15) is 12.2 Å². The number of fused-ring (bicyclic) bond motifs is 1. The summed E-state index contributed by atoms with van der Waals surface area (Å²) in [5.41, 5.74) is 4.18. The van der Waals surface area contributed by atoms with Crippen LogP contribution in [-0.4, -0.2) is 79.2 Å². The van der Waals surface area contributed by atoms with Crippen LogP contribution in [0.15, 0.2) is 48.5 Å². The van der Waals surface area contributed by atoms with Gasteiger partial charge in [-0.3, -0.25) is 9.69 Å². The number of anilines is 1. The van der Waals surface area contributed by atoms with Crippen molar-refractivity contribution < 1.29 is 19.7 Å². The van der Waals surface area contributed by atoms with Crippen molar-refractivity contribution in [2.45, 2.75) is 37.3 Å². The maximum atomic E-state index is 12.7. The Hall–Kier alpha value is -2.45. The molecular weight excluding hydrogens is 394 g/mol. The Morgan fingerprint density at radius 1 is 1.13 bits per heavy atom. The first-order chi connectivity index (χ1) is 15.0. The predicted molar refractivity (Wildman–Crippen MR) is 119 cm³/mol. The molecule has 4 rings (SSSR count). The van der Waals surface area contributed by atoms with Gasteiger partial charge in [-0.2, -0.15) is 0 Å². The Labute approximate surface area is 183 Å². The summed E-state index contributed by atoms with van der Waals surface area (Å²) >= 11 is 0. The molecule has 2 aromatic rings. The molecule has 31 heavy (non-hydrogen) atoms. The number of amides is 1. The van der Waals surface area contributed by atoms with E-state index < -0.39 is 18.3 Å². The van der Waals surface area contributed by atoms with E-state index in [2.05, 4.69) is 22.3 Å². The predicted octanol–water partition coefficient (Wildman–Crippen LogP) is 1.03. The number of hydrogen-bond donors (Lipinski definition) is 3. The Bertz CT molecular complexity index is 902. The van der Waals surface area contributed by atoms with E-state index in [1.165, 1.54) is 11.1 Å². The number of ether oxygens (including phenoxy) is 1. The minimum atomic E-state index is -0.809. The number of nitrogens with one attached hydrogen (secondary N) is 1. The highest BCUT2D eigenvalue weighted by molar-refractivity contribution is 5.94. The summed E-state index contributed by atoms with van der Waals surface area (Å²) in [4.78, 5) is 16.8. The fraction of sp³-hybridized carbons (Fsp3) is 0.458. The van der Waals surface area contributed by atoms with Crippen LogP contribution < -0.4 is 10.2 Å². The number of nitrogens with zero attached hydrogens (tertiary/aromatic N) is 2. The molecule has 0 bridgehead atoms. The monoisotopic (exact) mass is 425 g/mol. The Morgan fingerprint density at radius 2 is 1.84 bits per heavy atom. The minimum absolute atomic E-state index is 0.182. The molecule has 3 N–H and O–H groups in total. The largest absolute Gasteiger partial charge is 0.394 e. The van der Waals surface area contributed by atoms with E-state index in [0.717, 1.165) is 25.2 Å². The molecule has 4 atom stereocenters. The van der Waals surface area contributed by atoms with Gasteiger partial charge >= 0.3 is 0 Å². The minimum Gasteiger partial charge on any atom is -0.394 e. The van der Waals surface area contributed by atoms with Crippen LogP contribution in [0.4, 0.5) is 5.69 Å². The normalized spacial score (nSPS) is 25.8. The first kappa shape index (κ1) is 21.8. The summed E-state index contributed by atoms with van der Waals surface area (Å²) in [5.74, 6) is -0.182. The van der Waals surface area contributed by atoms with Crippen LogP contribution in [0.5, 0.6) is 0 Å². The summed E-state index contributed by atoms with van der Waals surface area (Å²) in [6.07, 6.45) is -0.956. The van der Waals surface area contributed by atoms with Crippen molar-refractivity contribution in [2.75, 3.05) is 38.7 Å². The average molecular weight is 426 g/mol. The summed E-state index contributed by atoms with van der Waals surface area (Å²) in [7, 11) is 3.91. The van der Waals surface area contributed by atoms with E-state index in [9.17, 15) is 15.0 Å². The molecular formula is C24H31N3O4. The third-order valence-electron chi connectivity index (χ3n) is 6.33. The second kappa shape index (κ2) is 9.36. The number of carbonyl (C=O) groups excluding carboxylic acids is 1. The van der Waals surface area contributed by atoms with E-state index >= 15 is 0 Å². The summed E-state index contributed by atoms with van der Waals surface area (Å²) in [6.45, 7) is 1.54. The van der Waals surface area contributed by atoms with Crippen molar-refractivity contribution in [3.63, 3.8) is 0 Å². The Morgan fingerprint density at radius 3 is 2.52 bits per heavy atom. The van der Waals surface area contributed by atoms with Crippen molar-refractivity contribution in [3.05, 3.63) is 65.2 Å². The molecule has 0 saturated carbocycles. The van der Waals surface area contributed by atoms with Gasteiger partial charge in [0.15, 0.2) is 0 Å². The molecule has 0 unspecified atom stereocenters. The molecule has 0 radical (unpaired) electrons. The molecule has 2 heterocycles. The lowest BCUT2D eigenvalue weighted by Crippen LogP contribution is -2.52. The first-order valence-corrected chi connectivity index (χ1v) is 10.8. The lowest BCUT2D eigenvalue weighted by Gasteiger charge is -2.37. The zero-order valence-electron chi connectivity index (χ0n) is 18.1. The molecule has 1 fully saturated rings. The molecule has 7 heteroatoms. The van der Waals surface area contributed by atoms with Crippen molar-refractivity contribution in [1.29, 1.82) is 0 Å². The lowest BCUT2D eigenvalue weighted by atomic mass is 9.95. The second-order valence-electron chi connectivity index (χ2n) is 8.52. The van der Waals surface area contributed by atoms with Gasteiger partial charge in [0.2, 0.25) is 0 Å². The molecule has 7 nitrogen and oxygen atoms in total. The van der Waals surface area contributed by atoms with Crippen LogP contribution in [0, 0.1) is 0 Å². The van der Waals surface area contributed by atoms with Crippen molar-refractivity contribution in [2.24, 2.45) is 0 Å². The van der Waals surface area contributed by atoms with Crippen LogP contribution in [-0.2, 0) is 17.7 Å². The van der Waals surface area contributed by atoms with E-state index in [1.54, 1.807) is 12.1 Å². The number of benzene rings is 2. The van der Waals surface area contributed by atoms with E-state index in [0.29, 0.717) is 5.56 Å². The van der Waals surface area contributed by atoms with Crippen molar-refractivity contribution >= 4 is 11.6 Å². The maximum absolute atomic E-state index is 12.7. The molecule has 2 aromatic carbocycles. The van der Waals surface area contributed by atoms with E-state index in [1.807, 2.05) is 43.3 Å². The van der Waals surface area contributed by atoms with Crippen molar-refractivity contribution in [3.8, 4) is 0 Å². The van der Waals surface area contributed by atoms with E-state index in [4.69, 9.17) is 4.74 Å². The van der Waals surface area contributed by atoms with Gasteiger partial charge in [-0.05, 0) is 41.8 Å². The van der Waals surface area contributed by atoms with Crippen molar-refractivity contribution in [1.82, 2.24) is 10.2 Å².